The summed E-state index contributed by atoms with van der Waals surface area (Å²) in [5.41, 5.74) is 3.62. The van der Waals surface area contributed by atoms with Crippen LogP contribution in [0.2, 0.25) is 5.02 Å². The molecule has 130 valence electrons. The molecule has 2 heteroatoms. The topological polar surface area (TPSA) is 4.41 Å². The molecule has 0 aliphatic heterocycles. The molecule has 0 unspecified atom stereocenters. The number of hydrogen-bond acceptors (Lipinski definition) is 0. The van der Waals surface area contributed by atoms with Crippen LogP contribution in [0.3, 0.4) is 0 Å². The molecule has 7 rings (SSSR count). The van der Waals surface area contributed by atoms with Gasteiger partial charge in [-0.2, -0.15) is 0 Å². The van der Waals surface area contributed by atoms with E-state index in [-0.39, 0.29) is 0 Å². The third-order valence-corrected chi connectivity index (χ3v) is 6.44. The van der Waals surface area contributed by atoms with Gasteiger partial charge in [-0.1, -0.05) is 78.3 Å². The maximum Gasteiger partial charge on any atom is 0.0641 e. The van der Waals surface area contributed by atoms with Gasteiger partial charge in [-0.05, 0) is 39.7 Å². The summed E-state index contributed by atoms with van der Waals surface area (Å²) in [6.45, 7) is 0. The van der Waals surface area contributed by atoms with E-state index in [2.05, 4.69) is 89.3 Å². The minimum atomic E-state index is 0.814. The van der Waals surface area contributed by atoms with Crippen LogP contribution in [0.15, 0.2) is 84.9 Å². The summed E-state index contributed by atoms with van der Waals surface area (Å²) in [6.07, 6.45) is 0. The van der Waals surface area contributed by atoms with Gasteiger partial charge in [-0.25, -0.2) is 0 Å². The van der Waals surface area contributed by atoms with E-state index in [0.717, 1.165) is 10.4 Å². The van der Waals surface area contributed by atoms with Crippen LogP contribution in [-0.4, -0.2) is 4.40 Å². The van der Waals surface area contributed by atoms with Crippen LogP contribution in [0.4, 0.5) is 0 Å². The Kier molecular flexibility index (Phi) is 2.60. The molecule has 7 aromatic rings. The minimum absolute atomic E-state index is 0.814. The Morgan fingerprint density at radius 1 is 0.536 bits per heavy atom. The van der Waals surface area contributed by atoms with Crippen molar-refractivity contribution in [1.29, 1.82) is 0 Å². The number of benzene rings is 5. The van der Waals surface area contributed by atoms with Gasteiger partial charge in [-0.3, -0.25) is 0 Å². The monoisotopic (exact) mass is 375 g/mol. The highest BCUT2D eigenvalue weighted by molar-refractivity contribution is 6.43. The normalized spacial score (nSPS) is 12.5. The zero-order valence-corrected chi connectivity index (χ0v) is 15.7. The lowest BCUT2D eigenvalue weighted by Gasteiger charge is -2.08. The number of halogens is 1. The maximum absolute atomic E-state index is 6.87. The van der Waals surface area contributed by atoms with E-state index in [0.29, 0.717) is 0 Å². The van der Waals surface area contributed by atoms with Gasteiger partial charge >= 0.3 is 0 Å². The van der Waals surface area contributed by atoms with E-state index in [1.54, 1.807) is 0 Å². The van der Waals surface area contributed by atoms with Crippen molar-refractivity contribution < 1.29 is 0 Å². The highest BCUT2D eigenvalue weighted by atomic mass is 35.5. The first kappa shape index (κ1) is 14.7. The molecule has 0 saturated heterocycles. The Balaban J connectivity index is 2.08. The van der Waals surface area contributed by atoms with E-state index in [9.17, 15) is 0 Å². The van der Waals surface area contributed by atoms with E-state index in [1.165, 1.54) is 54.3 Å². The molecule has 0 aliphatic carbocycles. The first-order chi connectivity index (χ1) is 13.8. The van der Waals surface area contributed by atoms with Crippen molar-refractivity contribution in [3.05, 3.63) is 90.0 Å². The standard InChI is InChI=1S/C26H14ClN/c27-20-14-16-13-12-15-6-5-9-18-17-7-1-3-10-21(17)28-22-11-4-2-8-19(22)25(20)26(28)24(16)23(15)18/h1-14H. The lowest BCUT2D eigenvalue weighted by molar-refractivity contribution is 1.36. The first-order valence-electron chi connectivity index (χ1n) is 9.50. The lowest BCUT2D eigenvalue weighted by atomic mass is 9.96. The zero-order valence-electron chi connectivity index (χ0n) is 14.9. The highest BCUT2D eigenvalue weighted by Crippen LogP contribution is 2.45. The SMILES string of the molecule is Clc1cc2ccc3cccc4c5ccccc5n5c6ccccc6c1c5c2c34. The van der Waals surface area contributed by atoms with Crippen LogP contribution in [0.1, 0.15) is 0 Å². The van der Waals surface area contributed by atoms with Crippen LogP contribution >= 0.6 is 11.6 Å². The van der Waals surface area contributed by atoms with Gasteiger partial charge in [0.25, 0.3) is 0 Å². The Morgan fingerprint density at radius 2 is 1.21 bits per heavy atom. The fourth-order valence-corrected chi connectivity index (χ4v) is 5.38. The summed E-state index contributed by atoms with van der Waals surface area (Å²) in [4.78, 5) is 0. The molecule has 0 spiro atoms. The summed E-state index contributed by atoms with van der Waals surface area (Å²) in [5.74, 6) is 0. The zero-order chi connectivity index (χ0) is 18.4. The molecule has 2 aromatic heterocycles. The fourth-order valence-electron chi connectivity index (χ4n) is 5.07. The Hall–Kier alpha value is -3.29. The summed E-state index contributed by atoms with van der Waals surface area (Å²) in [7, 11) is 0. The Bertz CT molecular complexity index is 1720. The fraction of sp³-hybridized carbons (Fsp3) is 0. The first-order valence-corrected chi connectivity index (χ1v) is 9.87. The summed E-state index contributed by atoms with van der Waals surface area (Å²) in [5, 5.41) is 10.8. The Morgan fingerprint density at radius 3 is 2.07 bits per heavy atom. The van der Waals surface area contributed by atoms with Crippen LogP contribution in [0.25, 0.3) is 59.6 Å². The van der Waals surface area contributed by atoms with Gasteiger partial charge in [0.15, 0.2) is 0 Å². The van der Waals surface area contributed by atoms with Crippen LogP contribution in [0.5, 0.6) is 0 Å². The maximum atomic E-state index is 6.87. The van der Waals surface area contributed by atoms with Gasteiger partial charge in [0.1, 0.15) is 0 Å². The quantitative estimate of drug-likeness (QED) is 0.238. The number of nitrogens with zero attached hydrogens (tertiary/aromatic N) is 1. The molecule has 0 atom stereocenters. The second-order valence-electron chi connectivity index (χ2n) is 7.52. The van der Waals surface area contributed by atoms with Crippen molar-refractivity contribution in [2.24, 2.45) is 0 Å². The van der Waals surface area contributed by atoms with Gasteiger partial charge in [0.05, 0.1) is 21.6 Å². The molecule has 0 bridgehead atoms. The number of para-hydroxylation sites is 2. The largest absolute Gasteiger partial charge is 0.308 e. The smallest absolute Gasteiger partial charge is 0.0641 e. The van der Waals surface area contributed by atoms with E-state index < -0.39 is 0 Å². The minimum Gasteiger partial charge on any atom is -0.308 e. The molecule has 5 aromatic carbocycles. The van der Waals surface area contributed by atoms with E-state index >= 15 is 0 Å². The molecule has 0 saturated carbocycles. The van der Waals surface area contributed by atoms with Gasteiger partial charge < -0.3 is 4.40 Å². The molecule has 28 heavy (non-hydrogen) atoms. The average molecular weight is 376 g/mol. The third-order valence-electron chi connectivity index (χ3n) is 6.15. The van der Waals surface area contributed by atoms with Crippen molar-refractivity contribution in [2.45, 2.75) is 0 Å². The van der Waals surface area contributed by atoms with E-state index in [4.69, 9.17) is 11.6 Å². The van der Waals surface area contributed by atoms with Crippen molar-refractivity contribution in [3.8, 4) is 0 Å². The molecule has 1 nitrogen and oxygen atoms in total. The molecule has 0 radical (unpaired) electrons. The highest BCUT2D eigenvalue weighted by Gasteiger charge is 2.20. The molecule has 0 amide bonds. The second-order valence-corrected chi connectivity index (χ2v) is 7.93. The van der Waals surface area contributed by atoms with Gasteiger partial charge in [0.2, 0.25) is 0 Å². The number of hydrogen-bond donors (Lipinski definition) is 0. The summed E-state index contributed by atoms with van der Waals surface area (Å²) < 4.78 is 2.41. The number of rotatable bonds is 0. The average Bonchev–Trinajstić information content (AvgIpc) is 3.02. The molecule has 2 heterocycles. The van der Waals surface area contributed by atoms with Crippen molar-refractivity contribution in [2.75, 3.05) is 0 Å². The molecule has 0 N–H and O–H groups in total. The van der Waals surface area contributed by atoms with Crippen molar-refractivity contribution >= 4 is 71.2 Å². The number of aromatic nitrogens is 1. The molecule has 0 aliphatic rings. The van der Waals surface area contributed by atoms with Gasteiger partial charge in [0, 0.05) is 21.5 Å². The second kappa shape index (κ2) is 4.95. The van der Waals surface area contributed by atoms with Crippen LogP contribution in [0, 0.1) is 0 Å². The van der Waals surface area contributed by atoms with Crippen LogP contribution < -0.4 is 0 Å². The molecule has 0 fully saturated rings. The predicted octanol–water partition coefficient (Wildman–Crippen LogP) is 7.80. The molecular weight excluding hydrogens is 362 g/mol. The predicted molar refractivity (Wildman–Crippen MR) is 121 cm³/mol. The van der Waals surface area contributed by atoms with E-state index in [1.807, 2.05) is 0 Å². The number of fused-ring (bicyclic) bond motifs is 6. The Labute approximate surface area is 165 Å². The van der Waals surface area contributed by atoms with Crippen molar-refractivity contribution in [3.63, 3.8) is 0 Å². The van der Waals surface area contributed by atoms with Crippen molar-refractivity contribution in [1.82, 2.24) is 4.40 Å². The summed E-state index contributed by atoms with van der Waals surface area (Å²) >= 11 is 6.87. The molecular formula is C26H14ClN. The lowest BCUT2D eigenvalue weighted by Crippen LogP contribution is -1.85. The van der Waals surface area contributed by atoms with Gasteiger partial charge in [-0.15, -0.1) is 0 Å². The van der Waals surface area contributed by atoms with Crippen LogP contribution in [-0.2, 0) is 0 Å². The summed E-state index contributed by atoms with van der Waals surface area (Å²) in [6, 6.07) is 30.4. The third kappa shape index (κ3) is 1.60.